The van der Waals surface area contributed by atoms with Crippen LogP contribution in [0.2, 0.25) is 5.02 Å². The van der Waals surface area contributed by atoms with Gasteiger partial charge in [0.25, 0.3) is 0 Å². The predicted octanol–water partition coefficient (Wildman–Crippen LogP) is 10.9. The van der Waals surface area contributed by atoms with Crippen LogP contribution in [0.1, 0.15) is 78.7 Å². The summed E-state index contributed by atoms with van der Waals surface area (Å²) >= 11 is 6.63. The molecule has 0 bridgehead atoms. The van der Waals surface area contributed by atoms with Gasteiger partial charge in [0.15, 0.2) is 11.5 Å². The average molecular weight is 641 g/mol. The zero-order valence-corrected chi connectivity index (χ0v) is 28.4. The quantitative estimate of drug-likeness (QED) is 0.137. The summed E-state index contributed by atoms with van der Waals surface area (Å²) < 4.78 is 27.2. The SMILES string of the molecule is CCC(C)(C)CC(=O)Oc1c(OC2(CC)C=CC=CC2)c(OC2(CC)C=CC=CC2)c(OCc2ccccc2)c2ccc(Cl)cc12. The highest BCUT2D eigenvalue weighted by atomic mass is 35.5. The van der Waals surface area contributed by atoms with Crippen molar-refractivity contribution >= 4 is 28.3 Å². The van der Waals surface area contributed by atoms with E-state index in [1.165, 1.54) is 0 Å². The Morgan fingerprint density at radius 1 is 0.783 bits per heavy atom. The van der Waals surface area contributed by atoms with Crippen molar-refractivity contribution in [2.24, 2.45) is 5.41 Å². The van der Waals surface area contributed by atoms with Crippen LogP contribution in [0.5, 0.6) is 23.0 Å². The van der Waals surface area contributed by atoms with Crippen LogP contribution in [0.3, 0.4) is 0 Å². The molecule has 5 nitrogen and oxygen atoms in total. The fourth-order valence-corrected chi connectivity index (χ4v) is 5.87. The molecule has 2 unspecified atom stereocenters. The van der Waals surface area contributed by atoms with E-state index in [9.17, 15) is 4.79 Å². The number of hydrogen-bond donors (Lipinski definition) is 0. The fraction of sp³-hybridized carbons (Fsp3) is 0.375. The second-order valence-electron chi connectivity index (χ2n) is 13.0. The number of ether oxygens (including phenoxy) is 4. The molecule has 6 heteroatoms. The standard InChI is InChI=1S/C40H45ClO5/c1-6-38(4,5)27-33(42)44-35-32-26-30(41)20-21-31(32)34(43-28-29-18-12-9-13-19-29)36(45-39(7-2)22-14-10-15-23-39)37(35)46-40(8-3)24-16-11-17-25-40/h9-22,24,26H,6-8,23,25,27-28H2,1-5H3. The summed E-state index contributed by atoms with van der Waals surface area (Å²) in [6, 6.07) is 15.5. The topological polar surface area (TPSA) is 54.0 Å². The number of fused-ring (bicyclic) bond motifs is 1. The van der Waals surface area contributed by atoms with Crippen LogP contribution >= 0.6 is 11.6 Å². The second kappa shape index (κ2) is 14.2. The van der Waals surface area contributed by atoms with Crippen molar-refractivity contribution < 1.29 is 23.7 Å². The largest absolute Gasteiger partial charge is 0.484 e. The van der Waals surface area contributed by atoms with E-state index in [2.05, 4.69) is 58.9 Å². The van der Waals surface area contributed by atoms with Crippen LogP contribution in [0.4, 0.5) is 0 Å². The Labute approximate surface area is 278 Å². The van der Waals surface area contributed by atoms with Gasteiger partial charge in [-0.25, -0.2) is 0 Å². The molecular formula is C40H45ClO5. The lowest BCUT2D eigenvalue weighted by Gasteiger charge is -2.37. The first-order valence-electron chi connectivity index (χ1n) is 16.4. The zero-order chi connectivity index (χ0) is 32.8. The first kappa shape index (κ1) is 33.4. The maximum atomic E-state index is 13.7. The van der Waals surface area contributed by atoms with Crippen LogP contribution in [0.15, 0.2) is 97.1 Å². The summed E-state index contributed by atoms with van der Waals surface area (Å²) in [4.78, 5) is 13.7. The molecule has 0 fully saturated rings. The Bertz CT molecular complexity index is 1670. The first-order valence-corrected chi connectivity index (χ1v) is 16.7. The number of carbonyl (C=O) groups excluding carboxylic acids is 1. The number of benzene rings is 3. The van der Waals surface area contributed by atoms with Gasteiger partial charge >= 0.3 is 5.97 Å². The van der Waals surface area contributed by atoms with E-state index >= 15 is 0 Å². The Balaban J connectivity index is 1.78. The van der Waals surface area contributed by atoms with Crippen molar-refractivity contribution in [3.63, 3.8) is 0 Å². The molecular weight excluding hydrogens is 596 g/mol. The third-order valence-electron chi connectivity index (χ3n) is 9.14. The van der Waals surface area contributed by atoms with Crippen molar-refractivity contribution in [1.82, 2.24) is 0 Å². The van der Waals surface area contributed by atoms with E-state index < -0.39 is 11.2 Å². The molecule has 3 aromatic rings. The summed E-state index contributed by atoms with van der Waals surface area (Å²) in [6.45, 7) is 10.7. The van der Waals surface area contributed by atoms with E-state index in [0.717, 1.165) is 12.0 Å². The van der Waals surface area contributed by atoms with Crippen molar-refractivity contribution in [2.45, 2.75) is 91.0 Å². The second-order valence-corrected chi connectivity index (χ2v) is 13.4. The van der Waals surface area contributed by atoms with Crippen LogP contribution < -0.4 is 18.9 Å². The van der Waals surface area contributed by atoms with Crippen LogP contribution in [-0.2, 0) is 11.4 Å². The summed E-state index contributed by atoms with van der Waals surface area (Å²) in [7, 11) is 0. The van der Waals surface area contributed by atoms with Crippen molar-refractivity contribution in [3.05, 3.63) is 108 Å². The van der Waals surface area contributed by atoms with Gasteiger partial charge in [0, 0.05) is 28.6 Å². The molecule has 0 saturated carbocycles. The minimum absolute atomic E-state index is 0.238. The molecule has 0 heterocycles. The zero-order valence-electron chi connectivity index (χ0n) is 27.6. The molecule has 0 N–H and O–H groups in total. The van der Waals surface area contributed by atoms with E-state index in [4.69, 9.17) is 30.5 Å². The Morgan fingerprint density at radius 2 is 1.39 bits per heavy atom. The Morgan fingerprint density at radius 3 is 1.93 bits per heavy atom. The molecule has 0 saturated heterocycles. The number of carbonyl (C=O) groups is 1. The number of halogens is 1. The summed E-state index contributed by atoms with van der Waals surface area (Å²) in [5, 5.41) is 1.83. The van der Waals surface area contributed by atoms with Crippen LogP contribution in [0, 0.1) is 5.41 Å². The van der Waals surface area contributed by atoms with Gasteiger partial charge in [0.2, 0.25) is 11.5 Å². The minimum atomic E-state index is -0.693. The Hall–Kier alpha value is -3.96. The third kappa shape index (κ3) is 7.53. The highest BCUT2D eigenvalue weighted by Gasteiger charge is 2.38. The maximum Gasteiger partial charge on any atom is 0.311 e. The molecule has 0 radical (unpaired) electrons. The maximum absolute atomic E-state index is 13.7. The molecule has 0 aromatic heterocycles. The first-order chi connectivity index (χ1) is 22.1. The van der Waals surface area contributed by atoms with Crippen LogP contribution in [0.25, 0.3) is 10.8 Å². The van der Waals surface area contributed by atoms with E-state index in [-0.39, 0.29) is 23.6 Å². The average Bonchev–Trinajstić information content (AvgIpc) is 3.07. The molecule has 46 heavy (non-hydrogen) atoms. The van der Waals surface area contributed by atoms with Crippen molar-refractivity contribution in [2.75, 3.05) is 0 Å². The molecule has 2 aliphatic rings. The lowest BCUT2D eigenvalue weighted by atomic mass is 9.87. The van der Waals surface area contributed by atoms with E-state index in [1.807, 2.05) is 72.8 Å². The van der Waals surface area contributed by atoms with Crippen molar-refractivity contribution in [1.29, 1.82) is 0 Å². The number of rotatable bonds is 13. The van der Waals surface area contributed by atoms with Gasteiger partial charge in [0.1, 0.15) is 17.8 Å². The van der Waals surface area contributed by atoms with Gasteiger partial charge in [-0.05, 0) is 54.2 Å². The van der Waals surface area contributed by atoms with Gasteiger partial charge in [-0.1, -0.05) is 119 Å². The molecule has 0 aliphatic heterocycles. The van der Waals surface area contributed by atoms with Gasteiger partial charge in [0.05, 0.1) is 6.42 Å². The minimum Gasteiger partial charge on any atom is -0.484 e. The highest BCUT2D eigenvalue weighted by Crippen LogP contribution is 2.55. The monoisotopic (exact) mass is 640 g/mol. The molecule has 0 spiro atoms. The predicted molar refractivity (Wildman–Crippen MR) is 187 cm³/mol. The third-order valence-corrected chi connectivity index (χ3v) is 9.38. The smallest absolute Gasteiger partial charge is 0.311 e. The molecule has 2 aliphatic carbocycles. The van der Waals surface area contributed by atoms with Gasteiger partial charge < -0.3 is 18.9 Å². The van der Waals surface area contributed by atoms with E-state index in [0.29, 0.717) is 65.3 Å². The van der Waals surface area contributed by atoms with Crippen molar-refractivity contribution in [3.8, 4) is 23.0 Å². The summed E-state index contributed by atoms with van der Waals surface area (Å²) in [5.74, 6) is 1.18. The number of hydrogen-bond acceptors (Lipinski definition) is 5. The highest BCUT2D eigenvalue weighted by molar-refractivity contribution is 6.31. The number of esters is 1. The molecule has 2 atom stereocenters. The summed E-state index contributed by atoms with van der Waals surface area (Å²) in [5.41, 5.74) is -0.588. The van der Waals surface area contributed by atoms with Gasteiger partial charge in [-0.3, -0.25) is 4.79 Å². The lowest BCUT2D eigenvalue weighted by Crippen LogP contribution is -2.36. The fourth-order valence-electron chi connectivity index (χ4n) is 5.70. The lowest BCUT2D eigenvalue weighted by molar-refractivity contribution is -0.136. The van der Waals surface area contributed by atoms with E-state index in [1.54, 1.807) is 0 Å². The van der Waals surface area contributed by atoms with Crippen LogP contribution in [-0.4, -0.2) is 17.2 Å². The number of allylic oxidation sites excluding steroid dienone is 4. The van der Waals surface area contributed by atoms with Gasteiger partial charge in [-0.15, -0.1) is 0 Å². The molecule has 5 rings (SSSR count). The van der Waals surface area contributed by atoms with Gasteiger partial charge in [-0.2, -0.15) is 0 Å². The Kier molecular flexibility index (Phi) is 10.3. The normalized spacial score (nSPS) is 20.6. The molecule has 3 aromatic carbocycles. The molecule has 0 amide bonds. The summed E-state index contributed by atoms with van der Waals surface area (Å²) in [6.07, 6.45) is 20.1. The molecule has 242 valence electrons.